The third-order valence-corrected chi connectivity index (χ3v) is 2.80. The molecule has 0 aliphatic heterocycles. The first-order valence-electron chi connectivity index (χ1n) is 5.45. The van der Waals surface area contributed by atoms with Crippen LogP contribution in [-0.4, -0.2) is 34.9 Å². The van der Waals surface area contributed by atoms with Gasteiger partial charge in [0.25, 0.3) is 0 Å². The van der Waals surface area contributed by atoms with Crippen LogP contribution in [0.25, 0.3) is 0 Å². The van der Waals surface area contributed by atoms with E-state index in [2.05, 4.69) is 25.9 Å². The van der Waals surface area contributed by atoms with Gasteiger partial charge < -0.3 is 20.1 Å². The molecule has 0 spiro atoms. The molecule has 0 radical (unpaired) electrons. The van der Waals surface area contributed by atoms with Crippen LogP contribution in [0.4, 0.5) is 0 Å². The van der Waals surface area contributed by atoms with Crippen LogP contribution in [0.3, 0.4) is 0 Å². The number of benzene rings is 1. The zero-order valence-corrected chi connectivity index (χ0v) is 10.5. The third-order valence-electron chi connectivity index (χ3n) is 2.80. The van der Waals surface area contributed by atoms with Gasteiger partial charge in [-0.15, -0.1) is 0 Å². The lowest BCUT2D eigenvalue weighted by molar-refractivity contribution is -0.899. The van der Waals surface area contributed by atoms with Gasteiger partial charge in [0.1, 0.15) is 6.54 Å². The maximum absolute atomic E-state index is 5.30. The Bertz CT molecular complexity index is 340. The summed E-state index contributed by atoms with van der Waals surface area (Å²) in [5.74, 6) is 1.54. The lowest BCUT2D eigenvalue weighted by Crippen LogP contribution is -3.07. The van der Waals surface area contributed by atoms with Crippen LogP contribution in [0, 0.1) is 0 Å². The summed E-state index contributed by atoms with van der Waals surface area (Å²) in [4.78, 5) is 1.36. The van der Waals surface area contributed by atoms with Crippen LogP contribution in [0.1, 0.15) is 11.6 Å². The number of nitrogens with one attached hydrogen (secondary N) is 1. The van der Waals surface area contributed by atoms with E-state index in [-0.39, 0.29) is 0 Å². The minimum atomic E-state index is 0.389. The predicted molar refractivity (Wildman–Crippen MR) is 62.9 cm³/mol. The summed E-state index contributed by atoms with van der Waals surface area (Å²) in [6, 6.07) is 6.44. The molecule has 0 unspecified atom stereocenters. The number of hydrogen-bond acceptors (Lipinski definition) is 2. The van der Waals surface area contributed by atoms with Crippen molar-refractivity contribution in [3.8, 4) is 11.5 Å². The van der Waals surface area contributed by atoms with Crippen LogP contribution >= 0.6 is 0 Å². The first kappa shape index (κ1) is 12.8. The Labute approximate surface area is 96.9 Å². The Hall–Kier alpha value is -1.26. The second-order valence-corrected chi connectivity index (χ2v) is 4.03. The van der Waals surface area contributed by atoms with Crippen LogP contribution in [0.5, 0.6) is 11.5 Å². The van der Waals surface area contributed by atoms with E-state index in [1.807, 2.05) is 12.1 Å². The summed E-state index contributed by atoms with van der Waals surface area (Å²) in [5, 5.41) is 0. The SMILES string of the molecule is COc1ccc([C@H](C[NH3+])[NH+](C)C)cc1OC. The summed E-state index contributed by atoms with van der Waals surface area (Å²) in [6.45, 7) is 0.859. The minimum Gasteiger partial charge on any atom is -0.493 e. The molecule has 0 amide bonds. The third kappa shape index (κ3) is 2.65. The molecule has 0 bridgehead atoms. The molecular formula is C12H22N2O2+2. The van der Waals surface area contributed by atoms with Crippen LogP contribution in [-0.2, 0) is 0 Å². The van der Waals surface area contributed by atoms with Gasteiger partial charge in [-0.1, -0.05) is 0 Å². The molecule has 4 N–H and O–H groups in total. The van der Waals surface area contributed by atoms with Crippen molar-refractivity contribution in [2.24, 2.45) is 0 Å². The number of hydrogen-bond donors (Lipinski definition) is 2. The van der Waals surface area contributed by atoms with E-state index in [1.54, 1.807) is 14.2 Å². The second-order valence-electron chi connectivity index (χ2n) is 4.03. The Balaban J connectivity index is 3.06. The van der Waals surface area contributed by atoms with Crippen molar-refractivity contribution in [1.82, 2.24) is 0 Å². The van der Waals surface area contributed by atoms with Gasteiger partial charge in [0.05, 0.1) is 28.3 Å². The summed E-state index contributed by atoms with van der Waals surface area (Å²) in [5.41, 5.74) is 5.22. The molecule has 0 aromatic heterocycles. The molecule has 0 saturated carbocycles. The molecule has 1 aromatic rings. The topological polar surface area (TPSA) is 50.5 Å². The van der Waals surface area contributed by atoms with Crippen molar-refractivity contribution in [2.75, 3.05) is 34.9 Å². The van der Waals surface area contributed by atoms with Gasteiger partial charge in [0.2, 0.25) is 0 Å². The molecule has 16 heavy (non-hydrogen) atoms. The number of ether oxygens (including phenoxy) is 2. The average molecular weight is 226 g/mol. The molecule has 1 rings (SSSR count). The molecule has 4 nitrogen and oxygen atoms in total. The van der Waals surface area contributed by atoms with E-state index in [0.717, 1.165) is 18.0 Å². The van der Waals surface area contributed by atoms with E-state index in [0.29, 0.717) is 6.04 Å². The van der Waals surface area contributed by atoms with Crippen LogP contribution < -0.4 is 20.1 Å². The summed E-state index contributed by atoms with van der Waals surface area (Å²) in [7, 11) is 7.57. The van der Waals surface area contributed by atoms with E-state index < -0.39 is 0 Å². The zero-order chi connectivity index (χ0) is 12.1. The molecule has 0 aliphatic rings. The van der Waals surface area contributed by atoms with Gasteiger partial charge in [0, 0.05) is 5.56 Å². The van der Waals surface area contributed by atoms with Crippen molar-refractivity contribution in [1.29, 1.82) is 0 Å². The molecule has 0 heterocycles. The smallest absolute Gasteiger partial charge is 0.162 e. The average Bonchev–Trinajstić information content (AvgIpc) is 2.29. The van der Waals surface area contributed by atoms with Gasteiger partial charge >= 0.3 is 0 Å². The molecule has 4 heteroatoms. The molecule has 0 saturated heterocycles. The first-order chi connectivity index (χ1) is 7.63. The Morgan fingerprint density at radius 3 is 2.25 bits per heavy atom. The van der Waals surface area contributed by atoms with Gasteiger partial charge in [0.15, 0.2) is 17.5 Å². The standard InChI is InChI=1S/C12H20N2O2/c1-14(2)10(8-13)9-5-6-11(15-3)12(7-9)16-4/h5-7,10H,8,13H2,1-4H3/p+2/t10-/m0/s1. The quantitative estimate of drug-likeness (QED) is 0.686. The van der Waals surface area contributed by atoms with Gasteiger partial charge in [-0.2, -0.15) is 0 Å². The molecular weight excluding hydrogens is 204 g/mol. The highest BCUT2D eigenvalue weighted by Crippen LogP contribution is 2.28. The Kier molecular flexibility index (Phi) is 4.58. The number of quaternary nitrogens is 2. The zero-order valence-electron chi connectivity index (χ0n) is 10.5. The number of rotatable bonds is 5. The molecule has 0 aliphatic carbocycles. The number of likely N-dealkylation sites (N-methyl/N-ethyl adjacent to an activating group) is 1. The predicted octanol–water partition coefficient (Wildman–Crippen LogP) is -0.869. The van der Waals surface area contributed by atoms with Crippen molar-refractivity contribution in [3.63, 3.8) is 0 Å². The number of methoxy groups -OCH3 is 2. The Morgan fingerprint density at radius 1 is 1.19 bits per heavy atom. The normalized spacial score (nSPS) is 12.6. The van der Waals surface area contributed by atoms with Crippen LogP contribution in [0.2, 0.25) is 0 Å². The van der Waals surface area contributed by atoms with E-state index in [4.69, 9.17) is 9.47 Å². The molecule has 0 fully saturated rings. The monoisotopic (exact) mass is 226 g/mol. The van der Waals surface area contributed by atoms with Crippen molar-refractivity contribution in [3.05, 3.63) is 23.8 Å². The van der Waals surface area contributed by atoms with Gasteiger partial charge in [-0.25, -0.2) is 0 Å². The summed E-state index contributed by atoms with van der Waals surface area (Å²) >= 11 is 0. The van der Waals surface area contributed by atoms with Crippen LogP contribution in [0.15, 0.2) is 18.2 Å². The Morgan fingerprint density at radius 2 is 1.81 bits per heavy atom. The largest absolute Gasteiger partial charge is 0.493 e. The lowest BCUT2D eigenvalue weighted by atomic mass is 10.1. The van der Waals surface area contributed by atoms with Gasteiger partial charge in [-0.05, 0) is 18.2 Å². The fourth-order valence-electron chi connectivity index (χ4n) is 1.86. The van der Waals surface area contributed by atoms with Crippen molar-refractivity contribution in [2.45, 2.75) is 6.04 Å². The summed E-state index contributed by atoms with van der Waals surface area (Å²) in [6.07, 6.45) is 0. The van der Waals surface area contributed by atoms with Crippen molar-refractivity contribution >= 4 is 0 Å². The fourth-order valence-corrected chi connectivity index (χ4v) is 1.86. The first-order valence-corrected chi connectivity index (χ1v) is 5.45. The lowest BCUT2D eigenvalue weighted by Gasteiger charge is -2.19. The highest BCUT2D eigenvalue weighted by Gasteiger charge is 2.19. The molecule has 1 atom stereocenters. The summed E-state index contributed by atoms with van der Waals surface area (Å²) < 4.78 is 10.5. The maximum Gasteiger partial charge on any atom is 0.162 e. The van der Waals surface area contributed by atoms with Crippen molar-refractivity contribution < 1.29 is 20.1 Å². The maximum atomic E-state index is 5.30. The minimum absolute atomic E-state index is 0.389. The second kappa shape index (κ2) is 5.72. The fraction of sp³-hybridized carbons (Fsp3) is 0.500. The van der Waals surface area contributed by atoms with E-state index in [9.17, 15) is 0 Å². The molecule has 90 valence electrons. The highest BCUT2D eigenvalue weighted by molar-refractivity contribution is 5.43. The molecule has 1 aromatic carbocycles. The van der Waals surface area contributed by atoms with E-state index in [1.165, 1.54) is 10.5 Å². The van der Waals surface area contributed by atoms with Gasteiger partial charge in [-0.3, -0.25) is 0 Å². The van der Waals surface area contributed by atoms with E-state index >= 15 is 0 Å². The highest BCUT2D eigenvalue weighted by atomic mass is 16.5.